The summed E-state index contributed by atoms with van der Waals surface area (Å²) in [5, 5.41) is 0. The van der Waals surface area contributed by atoms with Gasteiger partial charge in [-0.15, -0.1) is 24.8 Å². The van der Waals surface area contributed by atoms with Gasteiger partial charge in [0.25, 0.3) is 0 Å². The van der Waals surface area contributed by atoms with Gasteiger partial charge in [0.2, 0.25) is 5.91 Å². The summed E-state index contributed by atoms with van der Waals surface area (Å²) in [6.07, 6.45) is 5.61. The lowest BCUT2D eigenvalue weighted by Gasteiger charge is -2.25. The summed E-state index contributed by atoms with van der Waals surface area (Å²) in [6, 6.07) is 3.78. The van der Waals surface area contributed by atoms with Crippen molar-refractivity contribution in [2.75, 3.05) is 43.1 Å². The van der Waals surface area contributed by atoms with E-state index in [4.69, 9.17) is 5.73 Å². The molecule has 2 N–H and O–H groups in total. The molecule has 0 bridgehead atoms. The summed E-state index contributed by atoms with van der Waals surface area (Å²) in [7, 11) is 0. The third kappa shape index (κ3) is 6.67. The molecular formula is C16H28Cl2N4OS. The highest BCUT2D eigenvalue weighted by Crippen LogP contribution is 2.17. The van der Waals surface area contributed by atoms with E-state index in [9.17, 15) is 4.79 Å². The molecule has 2 heterocycles. The van der Waals surface area contributed by atoms with Crippen molar-refractivity contribution in [2.45, 2.75) is 25.8 Å². The van der Waals surface area contributed by atoms with Gasteiger partial charge in [0.1, 0.15) is 0 Å². The Balaban J connectivity index is 0.00000264. The van der Waals surface area contributed by atoms with E-state index in [1.165, 1.54) is 5.69 Å². The molecule has 1 aromatic heterocycles. The van der Waals surface area contributed by atoms with Gasteiger partial charge in [0.15, 0.2) is 0 Å². The average molecular weight is 395 g/mol. The van der Waals surface area contributed by atoms with E-state index in [1.807, 2.05) is 30.3 Å². The van der Waals surface area contributed by atoms with Gasteiger partial charge in [0.05, 0.1) is 6.04 Å². The SMILES string of the molecule is CSCC[C@H](N)C(=O)N1CCCN(c2ccnc(C)c2)CC1.Cl.Cl. The van der Waals surface area contributed by atoms with Crippen LogP contribution in [0.1, 0.15) is 18.5 Å². The Hall–Kier alpha value is -0.690. The normalized spacial score (nSPS) is 15.8. The first kappa shape index (κ1) is 23.3. The van der Waals surface area contributed by atoms with Crippen molar-refractivity contribution in [2.24, 2.45) is 5.73 Å². The monoisotopic (exact) mass is 394 g/mol. The number of hydrogen-bond acceptors (Lipinski definition) is 5. The fraction of sp³-hybridized carbons (Fsp3) is 0.625. The molecule has 1 fully saturated rings. The second kappa shape index (κ2) is 11.8. The van der Waals surface area contributed by atoms with Crippen molar-refractivity contribution < 1.29 is 4.79 Å². The van der Waals surface area contributed by atoms with Crippen LogP contribution in [0.25, 0.3) is 0 Å². The van der Waals surface area contributed by atoms with Gasteiger partial charge >= 0.3 is 0 Å². The molecule has 0 aliphatic carbocycles. The van der Waals surface area contributed by atoms with Gasteiger partial charge in [0, 0.05) is 43.8 Å². The van der Waals surface area contributed by atoms with Crippen molar-refractivity contribution in [1.29, 1.82) is 0 Å². The molecule has 1 amide bonds. The van der Waals surface area contributed by atoms with E-state index in [0.29, 0.717) is 0 Å². The first-order valence-corrected chi connectivity index (χ1v) is 9.22. The summed E-state index contributed by atoms with van der Waals surface area (Å²) >= 11 is 1.73. The zero-order valence-electron chi connectivity index (χ0n) is 14.3. The Morgan fingerprint density at radius 3 is 2.75 bits per heavy atom. The van der Waals surface area contributed by atoms with Crippen LogP contribution in [0, 0.1) is 6.92 Å². The van der Waals surface area contributed by atoms with E-state index < -0.39 is 0 Å². The molecule has 8 heteroatoms. The smallest absolute Gasteiger partial charge is 0.239 e. The minimum atomic E-state index is -0.359. The van der Waals surface area contributed by atoms with Gasteiger partial charge in [-0.25, -0.2) is 0 Å². The number of hydrogen-bond donors (Lipinski definition) is 1. The van der Waals surface area contributed by atoms with Crippen LogP contribution in [-0.2, 0) is 4.79 Å². The molecule has 2 rings (SSSR count). The summed E-state index contributed by atoms with van der Waals surface area (Å²) in [5.74, 6) is 1.03. The number of carbonyl (C=O) groups is 1. The van der Waals surface area contributed by atoms with Crippen LogP contribution in [0.3, 0.4) is 0 Å². The number of aryl methyl sites for hydroxylation is 1. The van der Waals surface area contributed by atoms with Crippen LogP contribution in [0.15, 0.2) is 18.3 Å². The quantitative estimate of drug-likeness (QED) is 0.829. The Morgan fingerprint density at radius 2 is 2.08 bits per heavy atom. The molecule has 1 aliphatic rings. The maximum atomic E-state index is 12.4. The summed E-state index contributed by atoms with van der Waals surface area (Å²) in [6.45, 7) is 5.36. The highest BCUT2D eigenvalue weighted by atomic mass is 35.5. The molecule has 5 nitrogen and oxygen atoms in total. The van der Waals surface area contributed by atoms with Gasteiger partial charge in [-0.1, -0.05) is 0 Å². The standard InChI is InChI=1S/C16H26N4OS.2ClH/c1-13-12-14(4-6-18-13)19-7-3-8-20(10-9-19)16(21)15(17)5-11-22-2;;/h4,6,12,15H,3,5,7-11,17H2,1-2H3;2*1H/t15-;;/m0../s1. The maximum absolute atomic E-state index is 12.4. The largest absolute Gasteiger partial charge is 0.370 e. The van der Waals surface area contributed by atoms with E-state index in [1.54, 1.807) is 11.8 Å². The first-order valence-electron chi connectivity index (χ1n) is 7.82. The lowest BCUT2D eigenvalue weighted by molar-refractivity contribution is -0.132. The number of thioether (sulfide) groups is 1. The number of nitrogens with zero attached hydrogens (tertiary/aromatic N) is 3. The topological polar surface area (TPSA) is 62.5 Å². The van der Waals surface area contributed by atoms with E-state index in [2.05, 4.69) is 16.0 Å². The molecule has 1 saturated heterocycles. The molecule has 0 spiro atoms. The van der Waals surface area contributed by atoms with E-state index in [0.717, 1.165) is 50.5 Å². The molecule has 0 saturated carbocycles. The predicted octanol–water partition coefficient (Wildman–Crippen LogP) is 2.35. The number of halogens is 2. The minimum absolute atomic E-state index is 0. The summed E-state index contributed by atoms with van der Waals surface area (Å²) < 4.78 is 0. The summed E-state index contributed by atoms with van der Waals surface area (Å²) in [4.78, 5) is 20.9. The molecule has 1 aromatic rings. The number of rotatable bonds is 5. The van der Waals surface area contributed by atoms with Crippen molar-refractivity contribution in [3.8, 4) is 0 Å². The number of anilines is 1. The molecule has 138 valence electrons. The second-order valence-electron chi connectivity index (χ2n) is 5.71. The Kier molecular flexibility index (Phi) is 11.5. The molecular weight excluding hydrogens is 367 g/mol. The van der Waals surface area contributed by atoms with Crippen LogP contribution in [-0.4, -0.2) is 60.0 Å². The fourth-order valence-electron chi connectivity index (χ4n) is 2.73. The van der Waals surface area contributed by atoms with Crippen LogP contribution in [0.2, 0.25) is 0 Å². The molecule has 1 aliphatic heterocycles. The van der Waals surface area contributed by atoms with E-state index >= 15 is 0 Å². The molecule has 0 radical (unpaired) electrons. The highest BCUT2D eigenvalue weighted by Gasteiger charge is 2.23. The summed E-state index contributed by atoms with van der Waals surface area (Å²) in [5.41, 5.74) is 8.23. The van der Waals surface area contributed by atoms with E-state index in [-0.39, 0.29) is 36.8 Å². The Bertz CT molecular complexity index is 507. The molecule has 1 atom stereocenters. The van der Waals surface area contributed by atoms with Gasteiger partial charge in [-0.3, -0.25) is 9.78 Å². The zero-order valence-corrected chi connectivity index (χ0v) is 16.8. The lowest BCUT2D eigenvalue weighted by Crippen LogP contribution is -2.45. The van der Waals surface area contributed by atoms with Crippen molar-refractivity contribution in [3.63, 3.8) is 0 Å². The Labute approximate surface area is 161 Å². The van der Waals surface area contributed by atoms with Crippen molar-refractivity contribution >= 4 is 48.2 Å². The average Bonchev–Trinajstić information content (AvgIpc) is 2.78. The predicted molar refractivity (Wildman–Crippen MR) is 108 cm³/mol. The molecule has 24 heavy (non-hydrogen) atoms. The Morgan fingerprint density at radius 1 is 1.33 bits per heavy atom. The van der Waals surface area contributed by atoms with Gasteiger partial charge in [-0.2, -0.15) is 11.8 Å². The van der Waals surface area contributed by atoms with Gasteiger partial charge < -0.3 is 15.5 Å². The maximum Gasteiger partial charge on any atom is 0.239 e. The minimum Gasteiger partial charge on any atom is -0.370 e. The lowest BCUT2D eigenvalue weighted by atomic mass is 10.2. The van der Waals surface area contributed by atoms with Gasteiger partial charge in [-0.05, 0) is 43.9 Å². The first-order chi connectivity index (χ1) is 10.6. The number of nitrogens with two attached hydrogens (primary N) is 1. The second-order valence-corrected chi connectivity index (χ2v) is 6.69. The molecule has 0 unspecified atom stereocenters. The number of pyridine rings is 1. The number of carbonyl (C=O) groups excluding carboxylic acids is 1. The zero-order chi connectivity index (χ0) is 15.9. The van der Waals surface area contributed by atoms with Crippen molar-refractivity contribution in [1.82, 2.24) is 9.88 Å². The van der Waals surface area contributed by atoms with Crippen molar-refractivity contribution in [3.05, 3.63) is 24.0 Å². The molecule has 0 aromatic carbocycles. The fourth-order valence-corrected chi connectivity index (χ4v) is 3.22. The van der Waals surface area contributed by atoms with Crippen LogP contribution in [0.5, 0.6) is 0 Å². The highest BCUT2D eigenvalue weighted by molar-refractivity contribution is 7.98. The van der Waals surface area contributed by atoms with Crippen LogP contribution >= 0.6 is 36.6 Å². The van der Waals surface area contributed by atoms with Crippen LogP contribution < -0.4 is 10.6 Å². The number of amides is 1. The number of aromatic nitrogens is 1. The van der Waals surface area contributed by atoms with Crippen LogP contribution in [0.4, 0.5) is 5.69 Å². The third-order valence-electron chi connectivity index (χ3n) is 4.00. The third-order valence-corrected chi connectivity index (χ3v) is 4.65.